The zero-order valence-corrected chi connectivity index (χ0v) is 18.3. The molecule has 34 heavy (non-hydrogen) atoms. The largest absolute Gasteiger partial charge is 0.497 e. The van der Waals surface area contributed by atoms with Gasteiger partial charge in [0.15, 0.2) is 5.78 Å². The molecule has 0 amide bonds. The van der Waals surface area contributed by atoms with Crippen LogP contribution in [0.5, 0.6) is 5.75 Å². The second-order valence-electron chi connectivity index (χ2n) is 7.32. The molecule has 3 aromatic carbocycles. The van der Waals surface area contributed by atoms with Crippen LogP contribution in [0.15, 0.2) is 71.8 Å². The fourth-order valence-corrected chi connectivity index (χ4v) is 4.83. The van der Waals surface area contributed by atoms with Crippen LogP contribution in [-0.4, -0.2) is 30.5 Å². The van der Waals surface area contributed by atoms with Crippen LogP contribution >= 0.6 is 0 Å². The average molecular weight is 492 g/mol. The summed E-state index contributed by atoms with van der Waals surface area (Å²) in [5, 5.41) is 4.35. The standard InChI is InChI=1S/C23H16F4N2O4S/c1-33-16-4-2-5-17(12-16)34(31,32)29-20-10-14(8-9-15(20)13-28-29)11-21(30)22-18(23(25,26)27)6-3-7-19(22)24/h2-10,12-13H,11H2,1H3. The minimum atomic E-state index is -4.92. The van der Waals surface area contributed by atoms with Crippen molar-refractivity contribution in [3.63, 3.8) is 0 Å². The van der Waals surface area contributed by atoms with Gasteiger partial charge in [-0.05, 0) is 35.9 Å². The van der Waals surface area contributed by atoms with Gasteiger partial charge in [-0.3, -0.25) is 4.79 Å². The van der Waals surface area contributed by atoms with E-state index in [2.05, 4.69) is 5.10 Å². The Balaban J connectivity index is 1.74. The number of carbonyl (C=O) groups excluding carboxylic acids is 1. The Morgan fingerprint density at radius 3 is 2.50 bits per heavy atom. The second-order valence-corrected chi connectivity index (χ2v) is 9.09. The van der Waals surface area contributed by atoms with E-state index in [1.54, 1.807) is 6.07 Å². The average Bonchev–Trinajstić information content (AvgIpc) is 3.22. The number of carbonyl (C=O) groups is 1. The Bertz CT molecular complexity index is 1510. The minimum absolute atomic E-state index is 0.0977. The molecule has 6 nitrogen and oxygen atoms in total. The molecule has 11 heteroatoms. The lowest BCUT2D eigenvalue weighted by atomic mass is 9.97. The lowest BCUT2D eigenvalue weighted by Gasteiger charge is -2.13. The maximum Gasteiger partial charge on any atom is 0.417 e. The number of benzene rings is 3. The summed E-state index contributed by atoms with van der Waals surface area (Å²) in [5.74, 6) is -2.06. The van der Waals surface area contributed by atoms with Gasteiger partial charge in [-0.15, -0.1) is 0 Å². The molecule has 176 valence electrons. The fourth-order valence-electron chi connectivity index (χ4n) is 3.52. The Morgan fingerprint density at radius 1 is 1.06 bits per heavy atom. The van der Waals surface area contributed by atoms with Gasteiger partial charge in [0.25, 0.3) is 10.0 Å². The molecule has 0 unspecified atom stereocenters. The predicted molar refractivity (Wildman–Crippen MR) is 115 cm³/mol. The molecule has 0 saturated heterocycles. The molecule has 1 heterocycles. The Kier molecular flexibility index (Phi) is 5.90. The van der Waals surface area contributed by atoms with Gasteiger partial charge in [-0.1, -0.05) is 24.3 Å². The van der Waals surface area contributed by atoms with E-state index in [-0.39, 0.29) is 16.0 Å². The third kappa shape index (κ3) is 4.26. The van der Waals surface area contributed by atoms with Gasteiger partial charge in [0, 0.05) is 17.9 Å². The van der Waals surface area contributed by atoms with Crippen molar-refractivity contribution in [1.82, 2.24) is 9.19 Å². The van der Waals surface area contributed by atoms with E-state index in [4.69, 9.17) is 4.74 Å². The lowest BCUT2D eigenvalue weighted by molar-refractivity contribution is -0.138. The number of nitrogens with zero attached hydrogens (tertiary/aromatic N) is 2. The third-order valence-electron chi connectivity index (χ3n) is 5.13. The molecule has 0 aliphatic rings. The highest BCUT2D eigenvalue weighted by molar-refractivity contribution is 7.90. The van der Waals surface area contributed by atoms with E-state index in [1.165, 1.54) is 49.7 Å². The summed E-state index contributed by atoms with van der Waals surface area (Å²) in [4.78, 5) is 12.6. The lowest BCUT2D eigenvalue weighted by Crippen LogP contribution is -2.17. The topological polar surface area (TPSA) is 78.3 Å². The molecule has 0 saturated carbocycles. The molecule has 0 bridgehead atoms. The summed E-state index contributed by atoms with van der Waals surface area (Å²) >= 11 is 0. The van der Waals surface area contributed by atoms with E-state index in [9.17, 15) is 30.8 Å². The van der Waals surface area contributed by atoms with Crippen molar-refractivity contribution < 1.29 is 35.5 Å². The highest BCUT2D eigenvalue weighted by Crippen LogP contribution is 2.34. The van der Waals surface area contributed by atoms with Gasteiger partial charge in [-0.2, -0.15) is 30.8 Å². The monoisotopic (exact) mass is 492 g/mol. The van der Waals surface area contributed by atoms with Crippen molar-refractivity contribution in [2.45, 2.75) is 17.5 Å². The van der Waals surface area contributed by atoms with E-state index in [1.807, 2.05) is 0 Å². The zero-order valence-electron chi connectivity index (χ0n) is 17.5. The van der Waals surface area contributed by atoms with Crippen molar-refractivity contribution in [1.29, 1.82) is 0 Å². The highest BCUT2D eigenvalue weighted by atomic mass is 32.2. The van der Waals surface area contributed by atoms with E-state index < -0.39 is 45.3 Å². The number of ketones is 1. The first-order valence-corrected chi connectivity index (χ1v) is 11.2. The Labute approximate surface area is 191 Å². The van der Waals surface area contributed by atoms with Crippen molar-refractivity contribution in [2.75, 3.05) is 7.11 Å². The number of alkyl halides is 3. The summed E-state index contributed by atoms with van der Waals surface area (Å²) in [5.41, 5.74) is -2.13. The van der Waals surface area contributed by atoms with Crippen LogP contribution in [0.1, 0.15) is 21.5 Å². The summed E-state index contributed by atoms with van der Waals surface area (Å²) in [6.07, 6.45) is -4.19. The summed E-state index contributed by atoms with van der Waals surface area (Å²) < 4.78 is 86.1. The molecule has 0 spiro atoms. The summed E-state index contributed by atoms with van der Waals surface area (Å²) in [6, 6.07) is 12.3. The fraction of sp³-hybridized carbons (Fsp3) is 0.130. The molecule has 4 rings (SSSR count). The number of Topliss-reactive ketones (excluding diaryl/α,β-unsaturated/α-hetero) is 1. The van der Waals surface area contributed by atoms with E-state index in [0.717, 1.165) is 16.2 Å². The molecule has 0 aliphatic carbocycles. The SMILES string of the molecule is COc1cccc(S(=O)(=O)n2ncc3ccc(CC(=O)c4c(F)cccc4C(F)(F)F)cc32)c1. The molecule has 4 aromatic rings. The number of aromatic nitrogens is 2. The first-order valence-electron chi connectivity index (χ1n) is 9.77. The second kappa shape index (κ2) is 8.56. The van der Waals surface area contributed by atoms with Crippen molar-refractivity contribution in [3.8, 4) is 5.75 Å². The van der Waals surface area contributed by atoms with E-state index in [0.29, 0.717) is 17.2 Å². The van der Waals surface area contributed by atoms with Crippen LogP contribution in [0.2, 0.25) is 0 Å². The Morgan fingerprint density at radius 2 is 1.79 bits per heavy atom. The van der Waals surface area contributed by atoms with E-state index >= 15 is 0 Å². The van der Waals surface area contributed by atoms with Crippen LogP contribution in [0.25, 0.3) is 10.9 Å². The smallest absolute Gasteiger partial charge is 0.417 e. The molecular weight excluding hydrogens is 476 g/mol. The van der Waals surface area contributed by atoms with Gasteiger partial charge in [0.05, 0.1) is 34.8 Å². The maximum absolute atomic E-state index is 14.2. The first kappa shape index (κ1) is 23.4. The van der Waals surface area contributed by atoms with Gasteiger partial charge >= 0.3 is 6.18 Å². The number of rotatable bonds is 6. The van der Waals surface area contributed by atoms with Crippen LogP contribution in [0, 0.1) is 5.82 Å². The Hall–Kier alpha value is -3.73. The van der Waals surface area contributed by atoms with Crippen molar-refractivity contribution in [2.24, 2.45) is 0 Å². The quantitative estimate of drug-likeness (QED) is 0.284. The molecule has 0 aliphatic heterocycles. The van der Waals surface area contributed by atoms with Gasteiger partial charge < -0.3 is 4.74 Å². The van der Waals surface area contributed by atoms with Crippen LogP contribution < -0.4 is 4.74 Å². The van der Waals surface area contributed by atoms with Gasteiger partial charge in [-0.25, -0.2) is 4.39 Å². The number of ether oxygens (including phenoxy) is 1. The van der Waals surface area contributed by atoms with Crippen LogP contribution in [0.3, 0.4) is 0 Å². The first-order chi connectivity index (χ1) is 16.0. The number of hydrogen-bond acceptors (Lipinski definition) is 5. The van der Waals surface area contributed by atoms with Crippen molar-refractivity contribution >= 4 is 26.7 Å². The van der Waals surface area contributed by atoms with Crippen molar-refractivity contribution in [3.05, 3.63) is 89.4 Å². The number of fused-ring (bicyclic) bond motifs is 1. The minimum Gasteiger partial charge on any atom is -0.497 e. The number of methoxy groups -OCH3 is 1. The third-order valence-corrected chi connectivity index (χ3v) is 6.73. The predicted octanol–water partition coefficient (Wildman–Crippen LogP) is 4.87. The normalized spacial score (nSPS) is 12.1. The molecule has 1 aromatic heterocycles. The summed E-state index contributed by atoms with van der Waals surface area (Å²) in [7, 11) is -2.77. The van der Waals surface area contributed by atoms with Gasteiger partial charge in [0.1, 0.15) is 11.6 Å². The summed E-state index contributed by atoms with van der Waals surface area (Å²) in [6.45, 7) is 0. The molecule has 0 N–H and O–H groups in total. The maximum atomic E-state index is 14.2. The molecule has 0 radical (unpaired) electrons. The van der Waals surface area contributed by atoms with Crippen LogP contribution in [0.4, 0.5) is 17.6 Å². The molecule has 0 atom stereocenters. The van der Waals surface area contributed by atoms with Crippen LogP contribution in [-0.2, 0) is 22.6 Å². The highest BCUT2D eigenvalue weighted by Gasteiger charge is 2.36. The molecule has 0 fully saturated rings. The van der Waals surface area contributed by atoms with Gasteiger partial charge in [0.2, 0.25) is 0 Å². The zero-order chi connectivity index (χ0) is 24.7. The number of halogens is 4. The molecular formula is C23H16F4N2O4S. The number of hydrogen-bond donors (Lipinski definition) is 0.